The van der Waals surface area contributed by atoms with Gasteiger partial charge in [-0.1, -0.05) is 6.92 Å². The number of carbonyl (C=O) groups excluding carboxylic acids is 1. The average Bonchev–Trinajstić information content (AvgIpc) is 2.67. The largest absolute Gasteiger partial charge is 0.493 e. The van der Waals surface area contributed by atoms with Crippen LogP contribution in [0.4, 0.5) is 11.4 Å². The van der Waals surface area contributed by atoms with Crippen LogP contribution in [-0.4, -0.2) is 38.3 Å². The van der Waals surface area contributed by atoms with Gasteiger partial charge in [0.1, 0.15) is 5.69 Å². The Kier molecular flexibility index (Phi) is 6.66. The molecule has 140 valence electrons. The van der Waals surface area contributed by atoms with Crippen molar-refractivity contribution in [3.63, 3.8) is 0 Å². The molecule has 0 fully saturated rings. The number of aromatic nitrogens is 1. The number of rotatable bonds is 8. The molecule has 0 aliphatic carbocycles. The Morgan fingerprint density at radius 1 is 1.08 bits per heavy atom. The van der Waals surface area contributed by atoms with E-state index in [4.69, 9.17) is 14.2 Å². The Labute approximate surface area is 153 Å². The molecule has 0 spiro atoms. The summed E-state index contributed by atoms with van der Waals surface area (Å²) in [6, 6.07) is 7.20. The van der Waals surface area contributed by atoms with Crippen molar-refractivity contribution in [2.24, 2.45) is 0 Å². The van der Waals surface area contributed by atoms with E-state index in [1.807, 2.05) is 6.07 Å². The highest BCUT2D eigenvalue weighted by Gasteiger charge is 2.16. The molecule has 1 aromatic heterocycles. The van der Waals surface area contributed by atoms with Crippen molar-refractivity contribution in [1.82, 2.24) is 4.98 Å². The third-order valence-corrected chi connectivity index (χ3v) is 3.94. The van der Waals surface area contributed by atoms with Gasteiger partial charge in [0.25, 0.3) is 5.91 Å². The predicted octanol–water partition coefficient (Wildman–Crippen LogP) is 3.57. The number of hydrogen-bond donors (Lipinski definition) is 2. The molecule has 0 radical (unpaired) electrons. The monoisotopic (exact) mass is 359 g/mol. The lowest BCUT2D eigenvalue weighted by atomic mass is 10.2. The molecule has 1 aromatic carbocycles. The molecule has 1 atom stereocenters. The minimum Gasteiger partial charge on any atom is -0.493 e. The van der Waals surface area contributed by atoms with Crippen LogP contribution in [0.3, 0.4) is 0 Å². The molecule has 1 heterocycles. The lowest BCUT2D eigenvalue weighted by molar-refractivity contribution is 0.102. The number of benzene rings is 1. The van der Waals surface area contributed by atoms with Crippen molar-refractivity contribution in [3.05, 3.63) is 36.2 Å². The number of amides is 1. The maximum absolute atomic E-state index is 12.6. The second-order valence-corrected chi connectivity index (χ2v) is 5.75. The fraction of sp³-hybridized carbons (Fsp3) is 0.368. The van der Waals surface area contributed by atoms with Gasteiger partial charge in [0.05, 0.1) is 21.3 Å². The Hall–Kier alpha value is -2.96. The van der Waals surface area contributed by atoms with Crippen LogP contribution < -0.4 is 24.8 Å². The SMILES string of the molecule is CCC(C)Nc1ccnc(C(=O)Nc2cc(OC)c(OC)c(OC)c2)c1. The van der Waals surface area contributed by atoms with Crippen molar-refractivity contribution in [2.75, 3.05) is 32.0 Å². The van der Waals surface area contributed by atoms with E-state index in [0.717, 1.165) is 12.1 Å². The van der Waals surface area contributed by atoms with Crippen molar-refractivity contribution in [1.29, 1.82) is 0 Å². The van der Waals surface area contributed by atoms with E-state index in [-0.39, 0.29) is 5.91 Å². The van der Waals surface area contributed by atoms with Crippen LogP contribution in [0.15, 0.2) is 30.5 Å². The summed E-state index contributed by atoms with van der Waals surface area (Å²) >= 11 is 0. The minimum atomic E-state index is -0.327. The normalized spacial score (nSPS) is 11.4. The second kappa shape index (κ2) is 8.94. The van der Waals surface area contributed by atoms with Gasteiger partial charge in [-0.3, -0.25) is 9.78 Å². The first-order valence-electron chi connectivity index (χ1n) is 8.36. The molecule has 2 rings (SSSR count). The maximum Gasteiger partial charge on any atom is 0.274 e. The minimum absolute atomic E-state index is 0.309. The molecule has 0 saturated carbocycles. The van der Waals surface area contributed by atoms with Crippen LogP contribution in [0.5, 0.6) is 17.2 Å². The van der Waals surface area contributed by atoms with Gasteiger partial charge in [0.2, 0.25) is 5.75 Å². The molecule has 0 saturated heterocycles. The highest BCUT2D eigenvalue weighted by molar-refractivity contribution is 6.03. The van der Waals surface area contributed by atoms with E-state index in [9.17, 15) is 4.79 Å². The number of carbonyl (C=O) groups is 1. The molecule has 26 heavy (non-hydrogen) atoms. The van der Waals surface area contributed by atoms with Crippen LogP contribution in [0.1, 0.15) is 30.8 Å². The van der Waals surface area contributed by atoms with Gasteiger partial charge in [-0.15, -0.1) is 0 Å². The topological polar surface area (TPSA) is 81.7 Å². The molecule has 7 heteroatoms. The van der Waals surface area contributed by atoms with Crippen molar-refractivity contribution in [2.45, 2.75) is 26.3 Å². The molecular weight excluding hydrogens is 334 g/mol. The molecule has 1 unspecified atom stereocenters. The summed E-state index contributed by atoms with van der Waals surface area (Å²) in [7, 11) is 4.57. The molecule has 2 N–H and O–H groups in total. The number of methoxy groups -OCH3 is 3. The van der Waals surface area contributed by atoms with Crippen molar-refractivity contribution < 1.29 is 19.0 Å². The first kappa shape index (κ1) is 19.4. The highest BCUT2D eigenvalue weighted by Crippen LogP contribution is 2.40. The molecule has 7 nitrogen and oxygen atoms in total. The third-order valence-electron chi connectivity index (χ3n) is 3.94. The molecule has 0 aliphatic heterocycles. The fourth-order valence-corrected chi connectivity index (χ4v) is 2.38. The molecule has 1 amide bonds. The standard InChI is InChI=1S/C19H25N3O4/c1-6-12(2)21-13-7-8-20-15(9-13)19(23)22-14-10-16(24-3)18(26-5)17(11-14)25-4/h7-12H,6H2,1-5H3,(H,20,21)(H,22,23). The Morgan fingerprint density at radius 2 is 1.73 bits per heavy atom. The van der Waals surface area contributed by atoms with E-state index >= 15 is 0 Å². The van der Waals surface area contributed by atoms with Crippen molar-refractivity contribution in [3.8, 4) is 17.2 Å². The number of ether oxygens (including phenoxy) is 3. The van der Waals surface area contributed by atoms with E-state index in [1.54, 1.807) is 24.4 Å². The van der Waals surface area contributed by atoms with E-state index in [1.165, 1.54) is 21.3 Å². The zero-order chi connectivity index (χ0) is 19.1. The lowest BCUT2D eigenvalue weighted by Crippen LogP contribution is -2.16. The zero-order valence-electron chi connectivity index (χ0n) is 15.8. The van der Waals surface area contributed by atoms with Gasteiger partial charge in [0, 0.05) is 35.7 Å². The smallest absolute Gasteiger partial charge is 0.274 e. The number of nitrogens with one attached hydrogen (secondary N) is 2. The highest BCUT2D eigenvalue weighted by atomic mass is 16.5. The van der Waals surface area contributed by atoms with Gasteiger partial charge in [-0.05, 0) is 25.5 Å². The van der Waals surface area contributed by atoms with Crippen molar-refractivity contribution >= 4 is 17.3 Å². The van der Waals surface area contributed by atoms with Crippen LogP contribution in [0, 0.1) is 0 Å². The van der Waals surface area contributed by atoms with Gasteiger partial charge < -0.3 is 24.8 Å². The van der Waals surface area contributed by atoms with Crippen LogP contribution >= 0.6 is 0 Å². The number of nitrogens with zero attached hydrogens (tertiary/aromatic N) is 1. The third kappa shape index (κ3) is 4.56. The number of anilines is 2. The summed E-state index contributed by atoms with van der Waals surface area (Å²) in [4.78, 5) is 16.7. The Morgan fingerprint density at radius 3 is 2.27 bits per heavy atom. The second-order valence-electron chi connectivity index (χ2n) is 5.75. The summed E-state index contributed by atoms with van der Waals surface area (Å²) in [5.74, 6) is 1.06. The first-order chi connectivity index (χ1) is 12.5. The van der Waals surface area contributed by atoms with Gasteiger partial charge >= 0.3 is 0 Å². The van der Waals surface area contributed by atoms with E-state index < -0.39 is 0 Å². The van der Waals surface area contributed by atoms with Crippen LogP contribution in [0.25, 0.3) is 0 Å². The van der Waals surface area contributed by atoms with E-state index in [2.05, 4.69) is 29.5 Å². The van der Waals surface area contributed by atoms with Gasteiger partial charge in [0.15, 0.2) is 11.5 Å². The Balaban J connectivity index is 2.23. The molecule has 2 aromatic rings. The molecule has 0 aliphatic rings. The summed E-state index contributed by atoms with van der Waals surface area (Å²) in [6.07, 6.45) is 2.59. The summed E-state index contributed by atoms with van der Waals surface area (Å²) in [6.45, 7) is 4.17. The Bertz CT molecular complexity index is 739. The van der Waals surface area contributed by atoms with E-state index in [0.29, 0.717) is 34.7 Å². The quantitative estimate of drug-likeness (QED) is 0.750. The first-order valence-corrected chi connectivity index (χ1v) is 8.36. The van der Waals surface area contributed by atoms with Crippen LogP contribution in [-0.2, 0) is 0 Å². The van der Waals surface area contributed by atoms with Crippen LogP contribution in [0.2, 0.25) is 0 Å². The summed E-state index contributed by atoms with van der Waals surface area (Å²) in [5.41, 5.74) is 1.68. The number of hydrogen-bond acceptors (Lipinski definition) is 6. The van der Waals surface area contributed by atoms with Gasteiger partial charge in [-0.25, -0.2) is 0 Å². The maximum atomic E-state index is 12.6. The molecular formula is C19H25N3O4. The fourth-order valence-electron chi connectivity index (χ4n) is 2.38. The molecule has 0 bridgehead atoms. The predicted molar refractivity (Wildman–Crippen MR) is 102 cm³/mol. The number of pyridine rings is 1. The lowest BCUT2D eigenvalue weighted by Gasteiger charge is -2.15. The zero-order valence-corrected chi connectivity index (χ0v) is 15.8. The summed E-state index contributed by atoms with van der Waals surface area (Å²) < 4.78 is 15.9. The van der Waals surface area contributed by atoms with Gasteiger partial charge in [-0.2, -0.15) is 0 Å². The summed E-state index contributed by atoms with van der Waals surface area (Å²) in [5, 5.41) is 6.13. The average molecular weight is 359 g/mol.